The van der Waals surface area contributed by atoms with Gasteiger partial charge in [0.15, 0.2) is 0 Å². The Labute approximate surface area is 74.3 Å². The Morgan fingerprint density at radius 2 is 2.45 bits per heavy atom. The smallest absolute Gasteiger partial charge is 0.102 e. The van der Waals surface area contributed by atoms with E-state index in [1.165, 1.54) is 0 Å². The summed E-state index contributed by atoms with van der Waals surface area (Å²) < 4.78 is 22.1. The molecule has 1 atom stereocenters. The molecule has 1 unspecified atom stereocenters. The molecule has 0 aliphatic rings. The highest BCUT2D eigenvalue weighted by Gasteiger charge is 2.04. The van der Waals surface area contributed by atoms with E-state index in [9.17, 15) is 5.11 Å². The molecule has 3 heteroatoms. The van der Waals surface area contributed by atoms with Gasteiger partial charge in [0.1, 0.15) is 6.10 Å². The maximum absolute atomic E-state index is 9.28. The minimum Gasteiger partial charge on any atom is -0.393 e. The predicted octanol–water partition coefficient (Wildman–Crippen LogP) is 1.37. The first kappa shape index (κ1) is 5.14. The second-order valence-electron chi connectivity index (χ2n) is 2.01. The highest BCUT2D eigenvalue weighted by atomic mass is 35.5. The number of benzene rings is 1. The van der Waals surface area contributed by atoms with Gasteiger partial charge in [-0.3, -0.25) is 0 Å². The van der Waals surface area contributed by atoms with Crippen molar-refractivity contribution in [2.75, 3.05) is 6.61 Å². The van der Waals surface area contributed by atoms with E-state index in [0.717, 1.165) is 6.07 Å². The molecular formula is C8H9ClO2. The molecule has 1 rings (SSSR count). The molecule has 1 aromatic rings. The Morgan fingerprint density at radius 1 is 1.73 bits per heavy atom. The lowest BCUT2D eigenvalue weighted by Crippen LogP contribution is -2.01. The van der Waals surface area contributed by atoms with Gasteiger partial charge in [-0.1, -0.05) is 23.7 Å². The Bertz CT molecular complexity index is 357. The van der Waals surface area contributed by atoms with Gasteiger partial charge in [0.2, 0.25) is 0 Å². The zero-order chi connectivity index (χ0) is 10.9. The number of rotatable bonds is 2. The van der Waals surface area contributed by atoms with Gasteiger partial charge in [-0.15, -0.1) is 0 Å². The van der Waals surface area contributed by atoms with Crippen molar-refractivity contribution in [3.05, 3.63) is 34.8 Å². The van der Waals surface area contributed by atoms with E-state index >= 15 is 0 Å². The number of halogens is 1. The van der Waals surface area contributed by atoms with Gasteiger partial charge in [-0.25, -0.2) is 0 Å². The van der Waals surface area contributed by atoms with Crippen LogP contribution in [0, 0.1) is 0 Å². The van der Waals surface area contributed by atoms with Crippen molar-refractivity contribution in [3.63, 3.8) is 0 Å². The van der Waals surface area contributed by atoms with Crippen LogP contribution in [0.5, 0.6) is 0 Å². The van der Waals surface area contributed by atoms with Gasteiger partial charge in [0.05, 0.1) is 10.7 Å². The summed E-state index contributed by atoms with van der Waals surface area (Å²) in [5.41, 5.74) is 0.0681. The van der Waals surface area contributed by atoms with Crippen LogP contribution >= 0.6 is 11.6 Å². The molecule has 1 aromatic carbocycles. The standard InChI is InChI=1S/C8H9ClO2/c9-7-3-1-2-6(4-7)8(11)5-10/h1-4,8,10-11H,5H2/i1D,3D,4D. The quantitative estimate of drug-likeness (QED) is 0.713. The van der Waals surface area contributed by atoms with Gasteiger partial charge in [0, 0.05) is 5.02 Å². The summed E-state index contributed by atoms with van der Waals surface area (Å²) in [6, 6.07) is 0.533. The summed E-state index contributed by atoms with van der Waals surface area (Å²) in [6.07, 6.45) is -1.23. The molecule has 11 heavy (non-hydrogen) atoms. The molecule has 0 bridgehead atoms. The predicted molar refractivity (Wildman–Crippen MR) is 43.5 cm³/mol. The van der Waals surface area contributed by atoms with Crippen molar-refractivity contribution in [1.82, 2.24) is 0 Å². The molecule has 0 aliphatic carbocycles. The second kappa shape index (κ2) is 3.72. The Kier molecular flexibility index (Phi) is 1.74. The third kappa shape index (κ3) is 2.19. The van der Waals surface area contributed by atoms with Gasteiger partial charge in [-0.05, 0) is 17.6 Å². The summed E-state index contributed by atoms with van der Waals surface area (Å²) >= 11 is 5.60. The van der Waals surface area contributed by atoms with Gasteiger partial charge in [-0.2, -0.15) is 0 Å². The van der Waals surface area contributed by atoms with E-state index in [1.54, 1.807) is 0 Å². The minimum atomic E-state index is -1.23. The first-order valence-electron chi connectivity index (χ1n) is 4.54. The molecule has 0 spiro atoms. The summed E-state index contributed by atoms with van der Waals surface area (Å²) in [7, 11) is 0. The first-order valence-corrected chi connectivity index (χ1v) is 3.42. The Morgan fingerprint density at radius 3 is 3.09 bits per heavy atom. The lowest BCUT2D eigenvalue weighted by atomic mass is 10.1. The fourth-order valence-corrected chi connectivity index (χ4v) is 0.813. The molecule has 0 heterocycles. The second-order valence-corrected chi connectivity index (χ2v) is 2.38. The van der Waals surface area contributed by atoms with Crippen molar-refractivity contribution in [3.8, 4) is 0 Å². The maximum Gasteiger partial charge on any atom is 0.102 e. The molecule has 0 aliphatic heterocycles. The number of aliphatic hydroxyl groups is 2. The monoisotopic (exact) mass is 175 g/mol. The van der Waals surface area contributed by atoms with Crippen LogP contribution in [-0.2, 0) is 0 Å². The lowest BCUT2D eigenvalue weighted by Gasteiger charge is -2.06. The largest absolute Gasteiger partial charge is 0.393 e. The summed E-state index contributed by atoms with van der Waals surface area (Å²) in [5.74, 6) is 0. The van der Waals surface area contributed by atoms with Crippen molar-refractivity contribution >= 4 is 11.6 Å². The highest BCUT2D eigenvalue weighted by molar-refractivity contribution is 6.30. The lowest BCUT2D eigenvalue weighted by molar-refractivity contribution is 0.0956. The molecule has 0 amide bonds. The normalized spacial score (nSPS) is 16.8. The van der Waals surface area contributed by atoms with E-state index in [0.29, 0.717) is 0 Å². The number of aliphatic hydroxyl groups excluding tert-OH is 2. The van der Waals surface area contributed by atoms with Crippen molar-refractivity contribution in [2.45, 2.75) is 6.10 Å². The summed E-state index contributed by atoms with van der Waals surface area (Å²) in [6.45, 7) is -0.543. The number of hydrogen-bond donors (Lipinski definition) is 2. The van der Waals surface area contributed by atoms with Gasteiger partial charge >= 0.3 is 0 Å². The van der Waals surface area contributed by atoms with Crippen molar-refractivity contribution in [2.24, 2.45) is 0 Å². The van der Waals surface area contributed by atoms with Crippen LogP contribution in [0.1, 0.15) is 15.8 Å². The van der Waals surface area contributed by atoms with Crippen LogP contribution in [0.4, 0.5) is 0 Å². The van der Waals surface area contributed by atoms with Gasteiger partial charge in [0.25, 0.3) is 0 Å². The fraction of sp³-hybridized carbons (Fsp3) is 0.250. The van der Waals surface area contributed by atoms with Gasteiger partial charge < -0.3 is 10.2 Å². The van der Waals surface area contributed by atoms with Crippen LogP contribution in [0.25, 0.3) is 0 Å². The maximum atomic E-state index is 9.28. The van der Waals surface area contributed by atoms with E-state index in [-0.39, 0.29) is 28.7 Å². The van der Waals surface area contributed by atoms with E-state index in [2.05, 4.69) is 0 Å². The molecule has 2 nitrogen and oxygen atoms in total. The molecule has 0 radical (unpaired) electrons. The molecular weight excluding hydrogens is 164 g/mol. The topological polar surface area (TPSA) is 40.5 Å². The average Bonchev–Trinajstić information content (AvgIpc) is 2.19. The molecule has 2 N–H and O–H groups in total. The van der Waals surface area contributed by atoms with Crippen LogP contribution in [0.3, 0.4) is 0 Å². The molecule has 60 valence electrons. The van der Waals surface area contributed by atoms with Crippen molar-refractivity contribution < 1.29 is 14.3 Å². The van der Waals surface area contributed by atoms with Crippen LogP contribution in [0.2, 0.25) is 5.02 Å². The van der Waals surface area contributed by atoms with E-state index in [4.69, 9.17) is 20.8 Å². The minimum absolute atomic E-state index is 0.0681. The van der Waals surface area contributed by atoms with Crippen LogP contribution in [-0.4, -0.2) is 16.8 Å². The fourth-order valence-electron chi connectivity index (χ4n) is 0.649. The van der Waals surface area contributed by atoms with E-state index < -0.39 is 12.7 Å². The molecule has 0 saturated carbocycles. The third-order valence-electron chi connectivity index (χ3n) is 1.20. The van der Waals surface area contributed by atoms with E-state index in [1.807, 2.05) is 0 Å². The first-order chi connectivity index (χ1) is 6.49. The third-order valence-corrected chi connectivity index (χ3v) is 1.38. The van der Waals surface area contributed by atoms with Crippen molar-refractivity contribution in [1.29, 1.82) is 0 Å². The molecule has 0 fully saturated rings. The Hall–Kier alpha value is -0.570. The zero-order valence-corrected chi connectivity index (χ0v) is 6.39. The van der Waals surface area contributed by atoms with Crippen LogP contribution in [0.15, 0.2) is 24.2 Å². The SMILES string of the molecule is [2H]c1cc(C(O)CO)c([2H])c(Cl)c1[2H]. The molecule has 0 aromatic heterocycles. The zero-order valence-electron chi connectivity index (χ0n) is 8.63. The summed E-state index contributed by atoms with van der Waals surface area (Å²) in [5, 5.41) is 17.8. The average molecular weight is 176 g/mol. The highest BCUT2D eigenvalue weighted by Crippen LogP contribution is 2.16. The number of hydrogen-bond acceptors (Lipinski definition) is 2. The molecule has 0 saturated heterocycles. The van der Waals surface area contributed by atoms with Crippen LogP contribution < -0.4 is 0 Å². The Balaban J connectivity index is 3.33. The summed E-state index contributed by atoms with van der Waals surface area (Å²) in [4.78, 5) is 0.